The highest BCUT2D eigenvalue weighted by atomic mass is 32.1. The van der Waals surface area contributed by atoms with Crippen LogP contribution in [0.2, 0.25) is 0 Å². The Balaban J connectivity index is 1.73. The Labute approximate surface area is 110 Å². The van der Waals surface area contributed by atoms with Crippen LogP contribution in [0.5, 0.6) is 0 Å². The number of hydrogen-bond acceptors (Lipinski definition) is 2. The van der Waals surface area contributed by atoms with Crippen LogP contribution in [0.4, 0.5) is 0 Å². The molecule has 96 valence electrons. The van der Waals surface area contributed by atoms with E-state index in [0.717, 1.165) is 18.5 Å². The fraction of sp³-hybridized carbons (Fsp3) is 0.733. The molecule has 0 aliphatic heterocycles. The van der Waals surface area contributed by atoms with E-state index in [1.807, 2.05) is 11.3 Å². The van der Waals surface area contributed by atoms with Crippen molar-refractivity contribution in [1.82, 2.24) is 5.32 Å². The van der Waals surface area contributed by atoms with Crippen molar-refractivity contribution in [2.75, 3.05) is 6.54 Å². The quantitative estimate of drug-likeness (QED) is 0.764. The van der Waals surface area contributed by atoms with Gasteiger partial charge in [0.05, 0.1) is 0 Å². The Bertz CT molecular complexity index is 288. The van der Waals surface area contributed by atoms with Gasteiger partial charge in [0.25, 0.3) is 0 Å². The minimum absolute atomic E-state index is 0.779. The van der Waals surface area contributed by atoms with Crippen LogP contribution in [0.3, 0.4) is 0 Å². The highest BCUT2D eigenvalue weighted by molar-refractivity contribution is 7.07. The van der Waals surface area contributed by atoms with Gasteiger partial charge >= 0.3 is 0 Å². The van der Waals surface area contributed by atoms with Gasteiger partial charge in [0.1, 0.15) is 0 Å². The van der Waals surface area contributed by atoms with Gasteiger partial charge in [-0.2, -0.15) is 11.3 Å². The normalized spacial score (nSPS) is 18.6. The topological polar surface area (TPSA) is 12.0 Å². The summed E-state index contributed by atoms with van der Waals surface area (Å²) < 4.78 is 0. The van der Waals surface area contributed by atoms with Gasteiger partial charge < -0.3 is 5.32 Å². The van der Waals surface area contributed by atoms with Crippen molar-refractivity contribution >= 4 is 11.3 Å². The molecule has 0 spiro atoms. The van der Waals surface area contributed by atoms with E-state index in [1.165, 1.54) is 50.5 Å². The van der Waals surface area contributed by atoms with Crippen LogP contribution in [-0.4, -0.2) is 12.6 Å². The lowest BCUT2D eigenvalue weighted by molar-refractivity contribution is 0.340. The van der Waals surface area contributed by atoms with Crippen LogP contribution in [-0.2, 0) is 6.42 Å². The van der Waals surface area contributed by atoms with Crippen molar-refractivity contribution in [3.8, 4) is 0 Å². The first-order valence-electron chi connectivity index (χ1n) is 7.14. The van der Waals surface area contributed by atoms with Crippen LogP contribution in [0.15, 0.2) is 16.8 Å². The van der Waals surface area contributed by atoms with Gasteiger partial charge in [-0.1, -0.05) is 19.8 Å². The van der Waals surface area contributed by atoms with E-state index >= 15 is 0 Å². The van der Waals surface area contributed by atoms with Crippen LogP contribution in [0.25, 0.3) is 0 Å². The Morgan fingerprint density at radius 3 is 2.88 bits per heavy atom. The fourth-order valence-electron chi connectivity index (χ4n) is 3.09. The van der Waals surface area contributed by atoms with Gasteiger partial charge in [0.15, 0.2) is 0 Å². The summed E-state index contributed by atoms with van der Waals surface area (Å²) in [5, 5.41) is 8.19. The maximum absolute atomic E-state index is 3.71. The third kappa shape index (κ3) is 4.11. The largest absolute Gasteiger partial charge is 0.314 e. The third-order valence-electron chi connectivity index (χ3n) is 4.00. The second-order valence-electron chi connectivity index (χ2n) is 5.23. The highest BCUT2D eigenvalue weighted by Crippen LogP contribution is 2.29. The zero-order valence-corrected chi connectivity index (χ0v) is 11.8. The molecule has 1 saturated carbocycles. The first-order chi connectivity index (χ1) is 8.40. The summed E-state index contributed by atoms with van der Waals surface area (Å²) in [6, 6.07) is 3.05. The molecule has 1 aromatic rings. The monoisotopic (exact) mass is 251 g/mol. The molecule has 1 aliphatic rings. The third-order valence-corrected chi connectivity index (χ3v) is 4.73. The van der Waals surface area contributed by atoms with Crippen molar-refractivity contribution in [2.24, 2.45) is 5.92 Å². The standard InChI is InChI=1S/C15H25NS/c1-2-16-15(14-7-3-4-8-14)9-5-6-13-10-11-17-12-13/h10-12,14-16H,2-9H2,1H3. The molecule has 2 heteroatoms. The molecule has 0 aromatic carbocycles. The molecule has 17 heavy (non-hydrogen) atoms. The lowest BCUT2D eigenvalue weighted by Crippen LogP contribution is -2.35. The molecule has 1 unspecified atom stereocenters. The smallest absolute Gasteiger partial charge is 0.00953 e. The van der Waals surface area contributed by atoms with Crippen molar-refractivity contribution in [1.29, 1.82) is 0 Å². The summed E-state index contributed by atoms with van der Waals surface area (Å²) in [7, 11) is 0. The maximum atomic E-state index is 3.71. The molecule has 1 heterocycles. The van der Waals surface area contributed by atoms with E-state index < -0.39 is 0 Å². The van der Waals surface area contributed by atoms with Crippen molar-refractivity contribution in [3.63, 3.8) is 0 Å². The van der Waals surface area contributed by atoms with Crippen molar-refractivity contribution in [3.05, 3.63) is 22.4 Å². The highest BCUT2D eigenvalue weighted by Gasteiger charge is 2.23. The molecular weight excluding hydrogens is 226 g/mol. The first kappa shape index (κ1) is 13.1. The zero-order valence-electron chi connectivity index (χ0n) is 11.0. The van der Waals surface area contributed by atoms with E-state index in [1.54, 1.807) is 0 Å². The van der Waals surface area contributed by atoms with E-state index in [0.29, 0.717) is 0 Å². The van der Waals surface area contributed by atoms with Crippen molar-refractivity contribution in [2.45, 2.75) is 57.9 Å². The summed E-state index contributed by atoms with van der Waals surface area (Å²) in [6.07, 6.45) is 9.78. The van der Waals surface area contributed by atoms with E-state index in [9.17, 15) is 0 Å². The minimum Gasteiger partial charge on any atom is -0.314 e. The summed E-state index contributed by atoms with van der Waals surface area (Å²) in [5.41, 5.74) is 1.52. The Morgan fingerprint density at radius 2 is 2.24 bits per heavy atom. The predicted molar refractivity (Wildman–Crippen MR) is 76.7 cm³/mol. The van der Waals surface area contributed by atoms with E-state index in [-0.39, 0.29) is 0 Å². The van der Waals surface area contributed by atoms with Gasteiger partial charge in [0.2, 0.25) is 0 Å². The minimum atomic E-state index is 0.779. The SMILES string of the molecule is CCNC(CCCc1ccsc1)C1CCCC1. The second-order valence-corrected chi connectivity index (χ2v) is 6.01. The van der Waals surface area contributed by atoms with Gasteiger partial charge in [-0.15, -0.1) is 0 Å². The van der Waals surface area contributed by atoms with Crippen LogP contribution in [0.1, 0.15) is 51.0 Å². The molecule has 1 N–H and O–H groups in total. The Hall–Kier alpha value is -0.340. The summed E-state index contributed by atoms with van der Waals surface area (Å²) in [6.45, 7) is 3.36. The molecule has 0 saturated heterocycles. The Kier molecular flexibility index (Phi) is 5.53. The van der Waals surface area contributed by atoms with Crippen LogP contribution in [0, 0.1) is 5.92 Å². The molecule has 0 amide bonds. The molecule has 0 bridgehead atoms. The maximum Gasteiger partial charge on any atom is 0.00953 e. The first-order valence-corrected chi connectivity index (χ1v) is 8.09. The molecule has 1 aromatic heterocycles. The predicted octanol–water partition coefficient (Wildman–Crippen LogP) is 4.24. The molecule has 0 radical (unpaired) electrons. The summed E-state index contributed by atoms with van der Waals surface area (Å²) >= 11 is 1.82. The number of rotatable bonds is 7. The molecule has 1 atom stereocenters. The zero-order chi connectivity index (χ0) is 11.9. The number of aryl methyl sites for hydroxylation is 1. The van der Waals surface area contributed by atoms with E-state index in [4.69, 9.17) is 0 Å². The van der Waals surface area contributed by atoms with Gasteiger partial charge in [0, 0.05) is 6.04 Å². The fourth-order valence-corrected chi connectivity index (χ4v) is 3.79. The molecule has 1 nitrogen and oxygen atoms in total. The number of hydrogen-bond donors (Lipinski definition) is 1. The molecular formula is C15H25NS. The number of thiophene rings is 1. The molecule has 1 fully saturated rings. The van der Waals surface area contributed by atoms with Crippen LogP contribution >= 0.6 is 11.3 Å². The molecule has 2 rings (SSSR count). The summed E-state index contributed by atoms with van der Waals surface area (Å²) in [4.78, 5) is 0. The van der Waals surface area contributed by atoms with E-state index in [2.05, 4.69) is 29.1 Å². The van der Waals surface area contributed by atoms with Gasteiger partial charge in [-0.05, 0) is 67.0 Å². The Morgan fingerprint density at radius 1 is 1.41 bits per heavy atom. The average molecular weight is 251 g/mol. The van der Waals surface area contributed by atoms with Gasteiger partial charge in [-0.3, -0.25) is 0 Å². The lowest BCUT2D eigenvalue weighted by atomic mass is 9.93. The van der Waals surface area contributed by atoms with Crippen molar-refractivity contribution < 1.29 is 0 Å². The second kappa shape index (κ2) is 7.17. The van der Waals surface area contributed by atoms with Crippen LogP contribution < -0.4 is 5.32 Å². The van der Waals surface area contributed by atoms with Gasteiger partial charge in [-0.25, -0.2) is 0 Å². The average Bonchev–Trinajstić information content (AvgIpc) is 3.01. The number of nitrogens with one attached hydrogen (secondary N) is 1. The summed E-state index contributed by atoms with van der Waals surface area (Å²) in [5.74, 6) is 0.956. The lowest BCUT2D eigenvalue weighted by Gasteiger charge is -2.24. The molecule has 1 aliphatic carbocycles.